The summed E-state index contributed by atoms with van der Waals surface area (Å²) in [4.78, 5) is 0. The summed E-state index contributed by atoms with van der Waals surface area (Å²) >= 11 is 0. The molecule has 2 aromatic rings. The van der Waals surface area contributed by atoms with Crippen LogP contribution in [0.1, 0.15) is 36.1 Å². The highest BCUT2D eigenvalue weighted by molar-refractivity contribution is 5.99. The van der Waals surface area contributed by atoms with Crippen LogP contribution >= 0.6 is 0 Å². The van der Waals surface area contributed by atoms with E-state index in [9.17, 15) is 4.39 Å². The number of hydrogen-bond donors (Lipinski definition) is 1. The first-order valence-electron chi connectivity index (χ1n) is 8.44. The van der Waals surface area contributed by atoms with Crippen LogP contribution in [0.3, 0.4) is 0 Å². The van der Waals surface area contributed by atoms with Crippen LogP contribution < -0.4 is 5.32 Å². The van der Waals surface area contributed by atoms with Crippen molar-refractivity contribution in [3.8, 4) is 0 Å². The zero-order valence-corrected chi connectivity index (χ0v) is 14.2. The fraction of sp³-hybridized carbons (Fsp3) is 0.400. The van der Waals surface area contributed by atoms with Crippen molar-refractivity contribution in [1.82, 2.24) is 9.88 Å². The Bertz CT molecular complexity index is 781. The van der Waals surface area contributed by atoms with Crippen LogP contribution in [0.5, 0.6) is 0 Å². The lowest BCUT2D eigenvalue weighted by molar-refractivity contribution is 0.622. The van der Waals surface area contributed by atoms with E-state index in [0.717, 1.165) is 36.9 Å². The minimum absolute atomic E-state index is 0.0527. The van der Waals surface area contributed by atoms with Gasteiger partial charge >= 0.3 is 0 Å². The number of para-hydroxylation sites is 1. The van der Waals surface area contributed by atoms with E-state index in [1.165, 1.54) is 28.6 Å². The summed E-state index contributed by atoms with van der Waals surface area (Å²) in [7, 11) is 3.75. The number of nitrogens with one attached hydrogen (secondary N) is 1. The van der Waals surface area contributed by atoms with Crippen LogP contribution in [-0.4, -0.2) is 18.7 Å². The number of benzene rings is 1. The zero-order chi connectivity index (χ0) is 16.4. The van der Waals surface area contributed by atoms with Crippen LogP contribution in [-0.2, 0) is 13.0 Å². The van der Waals surface area contributed by atoms with Gasteiger partial charge in [0.25, 0.3) is 0 Å². The van der Waals surface area contributed by atoms with E-state index in [1.807, 2.05) is 14.1 Å². The van der Waals surface area contributed by atoms with Crippen molar-refractivity contribution < 1.29 is 4.39 Å². The predicted octanol–water partition coefficient (Wildman–Crippen LogP) is 4.76. The van der Waals surface area contributed by atoms with Crippen molar-refractivity contribution in [2.24, 2.45) is 0 Å². The molecule has 0 bridgehead atoms. The highest BCUT2D eigenvalue weighted by atomic mass is 19.1. The summed E-state index contributed by atoms with van der Waals surface area (Å²) in [6, 6.07) is 6.47. The molecular formula is C20H25FN2. The molecule has 23 heavy (non-hydrogen) atoms. The van der Waals surface area contributed by atoms with E-state index in [4.69, 9.17) is 0 Å². The maximum Gasteiger partial charge on any atom is 0.126 e. The van der Waals surface area contributed by atoms with E-state index < -0.39 is 0 Å². The first-order valence-corrected chi connectivity index (χ1v) is 8.44. The Hall–Kier alpha value is -1.87. The SMILES string of the molecule is CNC.Cc1c(C2=CCCC=C2F)c2cccc3c2n1CCC3. The molecule has 0 saturated carbocycles. The Morgan fingerprint density at radius 2 is 1.87 bits per heavy atom. The molecule has 0 unspecified atom stereocenters. The Morgan fingerprint density at radius 3 is 2.61 bits per heavy atom. The number of rotatable bonds is 1. The fourth-order valence-corrected chi connectivity index (χ4v) is 3.72. The summed E-state index contributed by atoms with van der Waals surface area (Å²) in [5, 5.41) is 3.97. The molecule has 2 nitrogen and oxygen atoms in total. The van der Waals surface area contributed by atoms with Crippen molar-refractivity contribution in [3.05, 3.63) is 53.0 Å². The van der Waals surface area contributed by atoms with E-state index >= 15 is 0 Å². The Balaban J connectivity index is 0.000000485. The number of nitrogens with zero attached hydrogens (tertiary/aromatic N) is 1. The van der Waals surface area contributed by atoms with Crippen LogP contribution in [0.2, 0.25) is 0 Å². The molecular weight excluding hydrogens is 287 g/mol. The maximum atomic E-state index is 14.3. The second-order valence-corrected chi connectivity index (χ2v) is 6.28. The second-order valence-electron chi connectivity index (χ2n) is 6.28. The lowest BCUT2D eigenvalue weighted by Crippen LogP contribution is -2.08. The minimum Gasteiger partial charge on any atom is -0.344 e. The molecule has 0 fully saturated rings. The smallest absolute Gasteiger partial charge is 0.126 e. The average Bonchev–Trinajstić information content (AvgIpc) is 2.84. The molecule has 4 rings (SSSR count). The van der Waals surface area contributed by atoms with Gasteiger partial charge in [0.05, 0.1) is 5.52 Å². The quantitative estimate of drug-likeness (QED) is 0.803. The Kier molecular flexibility index (Phi) is 4.67. The summed E-state index contributed by atoms with van der Waals surface area (Å²) in [5.74, 6) is -0.0527. The molecule has 1 aromatic heterocycles. The minimum atomic E-state index is -0.0527. The first kappa shape index (κ1) is 16.0. The van der Waals surface area contributed by atoms with Crippen molar-refractivity contribution in [2.75, 3.05) is 14.1 Å². The summed E-state index contributed by atoms with van der Waals surface area (Å²) in [5.41, 5.74) is 5.85. The van der Waals surface area contributed by atoms with Gasteiger partial charge in [-0.3, -0.25) is 0 Å². The van der Waals surface area contributed by atoms with Gasteiger partial charge in [0, 0.05) is 28.8 Å². The molecule has 1 N–H and O–H groups in total. The zero-order valence-electron chi connectivity index (χ0n) is 14.2. The third-order valence-corrected chi connectivity index (χ3v) is 4.62. The third kappa shape index (κ3) is 2.74. The van der Waals surface area contributed by atoms with E-state index in [1.54, 1.807) is 6.08 Å². The van der Waals surface area contributed by atoms with Gasteiger partial charge < -0.3 is 9.88 Å². The number of aryl methyl sites for hydroxylation is 2. The van der Waals surface area contributed by atoms with Crippen LogP contribution in [0.4, 0.5) is 4.39 Å². The molecule has 0 saturated heterocycles. The topological polar surface area (TPSA) is 17.0 Å². The van der Waals surface area contributed by atoms with Gasteiger partial charge in [0.1, 0.15) is 5.83 Å². The predicted molar refractivity (Wildman–Crippen MR) is 96.4 cm³/mol. The Morgan fingerprint density at radius 1 is 1.13 bits per heavy atom. The van der Waals surface area contributed by atoms with Crippen LogP contribution in [0, 0.1) is 6.92 Å². The molecule has 1 aromatic carbocycles. The monoisotopic (exact) mass is 312 g/mol. The normalized spacial score (nSPS) is 16.5. The number of aromatic nitrogens is 1. The highest BCUT2D eigenvalue weighted by Gasteiger charge is 2.23. The standard InChI is InChI=1S/C18H18FN.C2H7N/c1-12-17(14-8-2-3-10-16(14)19)15-9-4-6-13-7-5-11-20(12)18(13)15;1-3-2/h4,6,8-10H,2-3,5,7,11H2,1H3;3H,1-2H3. The molecule has 0 amide bonds. The molecule has 122 valence electrons. The molecule has 2 aliphatic rings. The average molecular weight is 312 g/mol. The van der Waals surface area contributed by atoms with Crippen molar-refractivity contribution in [3.63, 3.8) is 0 Å². The Labute approximate surface area is 137 Å². The van der Waals surface area contributed by atoms with Gasteiger partial charge in [-0.15, -0.1) is 0 Å². The van der Waals surface area contributed by atoms with Crippen molar-refractivity contribution in [2.45, 2.75) is 39.2 Å². The number of allylic oxidation sites excluding steroid dienone is 4. The van der Waals surface area contributed by atoms with Gasteiger partial charge in [0.2, 0.25) is 0 Å². The largest absolute Gasteiger partial charge is 0.344 e. The summed E-state index contributed by atoms with van der Waals surface area (Å²) in [6.45, 7) is 3.19. The summed E-state index contributed by atoms with van der Waals surface area (Å²) < 4.78 is 16.6. The van der Waals surface area contributed by atoms with Crippen molar-refractivity contribution in [1.29, 1.82) is 0 Å². The van der Waals surface area contributed by atoms with Crippen LogP contribution in [0.25, 0.3) is 16.5 Å². The van der Waals surface area contributed by atoms with Gasteiger partial charge in [-0.1, -0.05) is 24.3 Å². The van der Waals surface area contributed by atoms with Crippen molar-refractivity contribution >= 4 is 16.5 Å². The number of halogens is 1. The maximum absolute atomic E-state index is 14.3. The molecule has 2 heterocycles. The van der Waals surface area contributed by atoms with E-state index in [-0.39, 0.29) is 5.83 Å². The highest BCUT2D eigenvalue weighted by Crippen LogP contribution is 2.40. The van der Waals surface area contributed by atoms with Gasteiger partial charge in [-0.05, 0) is 58.3 Å². The first-order chi connectivity index (χ1) is 11.2. The van der Waals surface area contributed by atoms with Gasteiger partial charge in [0.15, 0.2) is 0 Å². The third-order valence-electron chi connectivity index (χ3n) is 4.62. The van der Waals surface area contributed by atoms with Gasteiger partial charge in [-0.25, -0.2) is 4.39 Å². The van der Waals surface area contributed by atoms with E-state index in [0.29, 0.717) is 0 Å². The molecule has 1 aliphatic heterocycles. The molecule has 0 atom stereocenters. The van der Waals surface area contributed by atoms with Crippen LogP contribution in [0.15, 0.2) is 36.2 Å². The lowest BCUT2D eigenvalue weighted by atomic mass is 9.95. The molecule has 0 radical (unpaired) electrons. The molecule has 0 spiro atoms. The second kappa shape index (κ2) is 6.71. The van der Waals surface area contributed by atoms with Gasteiger partial charge in [-0.2, -0.15) is 0 Å². The lowest BCUT2D eigenvalue weighted by Gasteiger charge is -2.16. The fourth-order valence-electron chi connectivity index (χ4n) is 3.72. The molecule has 3 heteroatoms. The number of hydrogen-bond acceptors (Lipinski definition) is 1. The summed E-state index contributed by atoms with van der Waals surface area (Å²) in [6.07, 6.45) is 7.86. The van der Waals surface area contributed by atoms with E-state index in [2.05, 4.69) is 41.1 Å². The molecule has 1 aliphatic carbocycles.